The quantitative estimate of drug-likeness (QED) is 0.643. The molecule has 0 atom stereocenters. The van der Waals surface area contributed by atoms with E-state index in [0.717, 1.165) is 12.1 Å². The van der Waals surface area contributed by atoms with E-state index in [-0.39, 0.29) is 16.8 Å². The van der Waals surface area contributed by atoms with Gasteiger partial charge in [-0.1, -0.05) is 0 Å². The molecule has 0 N–H and O–H groups in total. The van der Waals surface area contributed by atoms with Crippen molar-refractivity contribution in [2.45, 2.75) is 6.92 Å². The molecule has 1 aromatic heterocycles. The van der Waals surface area contributed by atoms with Crippen molar-refractivity contribution < 1.29 is 14.1 Å². The largest absolute Gasteiger partial charge is 0.310 e. The third-order valence-corrected chi connectivity index (χ3v) is 3.02. The lowest BCUT2D eigenvalue weighted by molar-refractivity contribution is -0.385. The molecule has 0 fully saturated rings. The highest BCUT2D eigenvalue weighted by Crippen LogP contribution is 2.23. The van der Waals surface area contributed by atoms with Crippen molar-refractivity contribution >= 4 is 17.3 Å². The molecule has 0 spiro atoms. The molecule has 7 heteroatoms. The van der Waals surface area contributed by atoms with Gasteiger partial charge >= 0.3 is 0 Å². The second kappa shape index (κ2) is 5.66. The molecule has 108 valence electrons. The molecule has 0 aliphatic heterocycles. The van der Waals surface area contributed by atoms with Gasteiger partial charge in [-0.25, -0.2) is 4.39 Å². The first-order chi connectivity index (χ1) is 9.91. The second-order valence-corrected chi connectivity index (χ2v) is 4.46. The highest BCUT2D eigenvalue weighted by Gasteiger charge is 2.23. The fourth-order valence-electron chi connectivity index (χ4n) is 1.86. The van der Waals surface area contributed by atoms with Crippen molar-refractivity contribution in [2.75, 3.05) is 11.9 Å². The number of hydrogen-bond acceptors (Lipinski definition) is 4. The molecular formula is C14H12FN3O3. The van der Waals surface area contributed by atoms with Crippen LogP contribution in [0.25, 0.3) is 0 Å². The highest BCUT2D eigenvalue weighted by molar-refractivity contribution is 6.06. The van der Waals surface area contributed by atoms with Gasteiger partial charge in [0.25, 0.3) is 11.6 Å². The van der Waals surface area contributed by atoms with Crippen LogP contribution in [-0.4, -0.2) is 22.9 Å². The topological polar surface area (TPSA) is 76.3 Å². The number of aromatic nitrogens is 1. The Bertz CT molecular complexity index is 704. The third-order valence-electron chi connectivity index (χ3n) is 3.02. The maximum absolute atomic E-state index is 14.1. The summed E-state index contributed by atoms with van der Waals surface area (Å²) in [4.78, 5) is 27.6. The van der Waals surface area contributed by atoms with Gasteiger partial charge in [-0.2, -0.15) is 0 Å². The normalized spacial score (nSPS) is 10.2. The summed E-state index contributed by atoms with van der Waals surface area (Å²) in [7, 11) is 1.45. The second-order valence-electron chi connectivity index (χ2n) is 4.46. The zero-order valence-electron chi connectivity index (χ0n) is 11.4. The lowest BCUT2D eigenvalue weighted by atomic mass is 10.1. The van der Waals surface area contributed by atoms with E-state index in [1.54, 1.807) is 18.3 Å². The summed E-state index contributed by atoms with van der Waals surface area (Å²) in [5.74, 6) is -1.44. The maximum Gasteiger partial charge on any atom is 0.270 e. The van der Waals surface area contributed by atoms with E-state index in [9.17, 15) is 19.3 Å². The van der Waals surface area contributed by atoms with Crippen LogP contribution in [0.3, 0.4) is 0 Å². The Morgan fingerprint density at radius 2 is 2.14 bits per heavy atom. The average molecular weight is 289 g/mol. The van der Waals surface area contributed by atoms with Crippen LogP contribution in [0, 0.1) is 22.9 Å². The van der Waals surface area contributed by atoms with Crippen molar-refractivity contribution in [3.05, 3.63) is 63.7 Å². The van der Waals surface area contributed by atoms with Crippen molar-refractivity contribution in [3.63, 3.8) is 0 Å². The zero-order valence-corrected chi connectivity index (χ0v) is 11.4. The zero-order chi connectivity index (χ0) is 15.6. The summed E-state index contributed by atoms with van der Waals surface area (Å²) >= 11 is 0. The minimum atomic E-state index is -0.763. The molecule has 2 rings (SSSR count). The Labute approximate surface area is 120 Å². The lowest BCUT2D eigenvalue weighted by Crippen LogP contribution is -2.27. The van der Waals surface area contributed by atoms with Gasteiger partial charge in [0, 0.05) is 25.4 Å². The average Bonchev–Trinajstić information content (AvgIpc) is 2.49. The minimum Gasteiger partial charge on any atom is -0.310 e. The molecule has 0 saturated carbocycles. The highest BCUT2D eigenvalue weighted by atomic mass is 19.1. The van der Waals surface area contributed by atoms with Crippen LogP contribution in [0.4, 0.5) is 15.8 Å². The molecule has 0 bridgehead atoms. The number of hydrogen-bond donors (Lipinski definition) is 0. The van der Waals surface area contributed by atoms with Gasteiger partial charge in [0.2, 0.25) is 0 Å². The Balaban J connectivity index is 2.46. The SMILES string of the molecule is Cc1cc([N+](=O)[O-])cc(C(=O)N(C)c2cccnc2)c1F. The Kier molecular flexibility index (Phi) is 3.93. The smallest absolute Gasteiger partial charge is 0.270 e. The Hall–Kier alpha value is -2.83. The molecule has 1 amide bonds. The predicted octanol–water partition coefficient (Wildman–Crippen LogP) is 2.71. The number of pyridine rings is 1. The standard InChI is InChI=1S/C14H12FN3O3/c1-9-6-11(18(20)21)7-12(13(9)15)14(19)17(2)10-4-3-5-16-8-10/h3-8H,1-2H3. The van der Waals surface area contributed by atoms with E-state index in [4.69, 9.17) is 0 Å². The number of nitrogens with zero attached hydrogens (tertiary/aromatic N) is 3. The van der Waals surface area contributed by atoms with Crippen LogP contribution in [0.15, 0.2) is 36.7 Å². The first kappa shape index (κ1) is 14.6. The van der Waals surface area contributed by atoms with E-state index >= 15 is 0 Å². The number of anilines is 1. The van der Waals surface area contributed by atoms with Gasteiger partial charge in [-0.05, 0) is 24.6 Å². The van der Waals surface area contributed by atoms with Crippen LogP contribution in [0.1, 0.15) is 15.9 Å². The molecular weight excluding hydrogens is 277 g/mol. The van der Waals surface area contributed by atoms with E-state index in [2.05, 4.69) is 4.98 Å². The number of nitro groups is 1. The van der Waals surface area contributed by atoms with Crippen LogP contribution in [-0.2, 0) is 0 Å². The van der Waals surface area contributed by atoms with Gasteiger partial charge in [0.15, 0.2) is 0 Å². The Morgan fingerprint density at radius 1 is 1.43 bits per heavy atom. The monoisotopic (exact) mass is 289 g/mol. The van der Waals surface area contributed by atoms with E-state index in [1.807, 2.05) is 0 Å². The van der Waals surface area contributed by atoms with Gasteiger partial charge in [0.1, 0.15) is 5.82 Å². The molecule has 0 saturated heterocycles. The van der Waals surface area contributed by atoms with Gasteiger partial charge in [-0.3, -0.25) is 19.9 Å². The fraction of sp³-hybridized carbons (Fsp3) is 0.143. The van der Waals surface area contributed by atoms with Crippen molar-refractivity contribution in [2.24, 2.45) is 0 Å². The molecule has 2 aromatic rings. The van der Waals surface area contributed by atoms with Crippen LogP contribution < -0.4 is 4.90 Å². The van der Waals surface area contributed by atoms with E-state index in [0.29, 0.717) is 5.69 Å². The number of halogens is 1. The van der Waals surface area contributed by atoms with Crippen molar-refractivity contribution in [1.29, 1.82) is 0 Å². The first-order valence-electron chi connectivity index (χ1n) is 6.04. The number of rotatable bonds is 3. The summed E-state index contributed by atoms with van der Waals surface area (Å²) < 4.78 is 14.1. The maximum atomic E-state index is 14.1. The minimum absolute atomic E-state index is 0.0483. The molecule has 1 aromatic carbocycles. The van der Waals surface area contributed by atoms with E-state index < -0.39 is 16.6 Å². The van der Waals surface area contributed by atoms with Gasteiger partial charge in [-0.15, -0.1) is 0 Å². The number of amides is 1. The molecule has 6 nitrogen and oxygen atoms in total. The van der Waals surface area contributed by atoms with Crippen LogP contribution in [0.5, 0.6) is 0 Å². The number of carbonyl (C=O) groups excluding carboxylic acids is 1. The summed E-state index contributed by atoms with van der Waals surface area (Å²) in [5.41, 5.74) is -0.150. The van der Waals surface area contributed by atoms with Crippen molar-refractivity contribution in [3.8, 4) is 0 Å². The third kappa shape index (κ3) is 2.86. The fourth-order valence-corrected chi connectivity index (χ4v) is 1.86. The van der Waals surface area contributed by atoms with Crippen LogP contribution in [0.2, 0.25) is 0 Å². The number of benzene rings is 1. The van der Waals surface area contributed by atoms with Crippen molar-refractivity contribution in [1.82, 2.24) is 4.98 Å². The Morgan fingerprint density at radius 3 is 2.71 bits per heavy atom. The van der Waals surface area contributed by atoms with Gasteiger partial charge < -0.3 is 4.90 Å². The number of aryl methyl sites for hydroxylation is 1. The van der Waals surface area contributed by atoms with Crippen LogP contribution >= 0.6 is 0 Å². The summed E-state index contributed by atoms with van der Waals surface area (Å²) in [6, 6.07) is 5.30. The predicted molar refractivity (Wildman–Crippen MR) is 74.8 cm³/mol. The number of carbonyl (C=O) groups is 1. The summed E-state index contributed by atoms with van der Waals surface area (Å²) in [5, 5.41) is 10.8. The van der Waals surface area contributed by atoms with Gasteiger partial charge in [0.05, 0.1) is 22.4 Å². The summed E-state index contributed by atoms with van der Waals surface area (Å²) in [6.45, 7) is 1.38. The molecule has 1 heterocycles. The lowest BCUT2D eigenvalue weighted by Gasteiger charge is -2.17. The van der Waals surface area contributed by atoms with E-state index in [1.165, 1.54) is 25.1 Å². The number of nitro benzene ring substituents is 1. The molecule has 21 heavy (non-hydrogen) atoms. The summed E-state index contributed by atoms with van der Waals surface area (Å²) in [6.07, 6.45) is 2.99. The first-order valence-corrected chi connectivity index (χ1v) is 6.04. The molecule has 0 unspecified atom stereocenters. The molecule has 0 radical (unpaired) electrons. The molecule has 0 aliphatic rings. The number of non-ortho nitro benzene ring substituents is 1. The molecule has 0 aliphatic carbocycles.